The molecule has 2 atom stereocenters. The van der Waals surface area contributed by atoms with E-state index in [1.165, 1.54) is 6.92 Å². The molecule has 1 aliphatic carbocycles. The molecule has 9 heteroatoms. The van der Waals surface area contributed by atoms with Crippen molar-refractivity contribution in [1.82, 2.24) is 5.32 Å². The molecule has 0 heterocycles. The Balaban J connectivity index is 2.44. The summed E-state index contributed by atoms with van der Waals surface area (Å²) in [5.74, 6) is -7.44. The van der Waals surface area contributed by atoms with Crippen LogP contribution < -0.4 is 5.32 Å². The molecule has 0 bridgehead atoms. The third-order valence-electron chi connectivity index (χ3n) is 3.41. The van der Waals surface area contributed by atoms with Crippen LogP contribution in [-0.2, 0) is 9.53 Å². The number of rotatable bonds is 6. The van der Waals surface area contributed by atoms with Crippen molar-refractivity contribution in [2.45, 2.75) is 25.6 Å². The molecule has 0 unspecified atom stereocenters. The number of alkyl halides is 1. The van der Waals surface area contributed by atoms with Gasteiger partial charge in [0.05, 0.1) is 18.2 Å². The molecule has 1 aromatic carbocycles. The Morgan fingerprint density at radius 3 is 2.56 bits per heavy atom. The Labute approximate surface area is 139 Å². The fourth-order valence-electron chi connectivity index (χ4n) is 1.97. The van der Waals surface area contributed by atoms with E-state index in [-0.39, 0.29) is 19.1 Å². The molecule has 0 saturated heterocycles. The summed E-state index contributed by atoms with van der Waals surface area (Å²) >= 11 is 0. The molecule has 1 fully saturated rings. The number of Topliss-reactive ketones (excluding diaryl/α,β-unsaturated/α-hetero) is 1. The predicted molar refractivity (Wildman–Crippen MR) is 76.5 cm³/mol. The maximum absolute atomic E-state index is 14.1. The SMILES string of the molecule is CCOC(=O)C(=CN[C@@H]1C[C@@H]1F)C(=O)c1cc(F)c(F)c(C#N)c1F. The molecule has 132 valence electrons. The molecule has 1 N–H and O–H groups in total. The summed E-state index contributed by atoms with van der Waals surface area (Å²) in [4.78, 5) is 24.3. The highest BCUT2D eigenvalue weighted by Crippen LogP contribution is 2.26. The van der Waals surface area contributed by atoms with Gasteiger partial charge in [-0.3, -0.25) is 4.79 Å². The van der Waals surface area contributed by atoms with Crippen LogP contribution in [0, 0.1) is 28.8 Å². The number of halogens is 4. The summed E-state index contributed by atoms with van der Waals surface area (Å²) in [6, 6.07) is 0.752. The van der Waals surface area contributed by atoms with Gasteiger partial charge in [0.25, 0.3) is 0 Å². The minimum atomic E-state index is -1.74. The summed E-state index contributed by atoms with van der Waals surface area (Å²) in [7, 11) is 0. The number of carbonyl (C=O) groups is 2. The summed E-state index contributed by atoms with van der Waals surface area (Å²) in [6.07, 6.45) is -0.143. The van der Waals surface area contributed by atoms with E-state index in [9.17, 15) is 27.2 Å². The van der Waals surface area contributed by atoms with E-state index in [0.717, 1.165) is 12.3 Å². The van der Waals surface area contributed by atoms with Gasteiger partial charge in [0, 0.05) is 12.6 Å². The fraction of sp³-hybridized carbons (Fsp3) is 0.312. The molecule has 1 aromatic rings. The van der Waals surface area contributed by atoms with E-state index >= 15 is 0 Å². The van der Waals surface area contributed by atoms with E-state index in [4.69, 9.17) is 5.26 Å². The maximum Gasteiger partial charge on any atom is 0.343 e. The van der Waals surface area contributed by atoms with Gasteiger partial charge in [-0.15, -0.1) is 0 Å². The minimum absolute atomic E-state index is 0.109. The molecule has 5 nitrogen and oxygen atoms in total. The third-order valence-corrected chi connectivity index (χ3v) is 3.41. The number of nitrogens with one attached hydrogen (secondary N) is 1. The fourth-order valence-corrected chi connectivity index (χ4v) is 1.97. The largest absolute Gasteiger partial charge is 0.462 e. The van der Waals surface area contributed by atoms with Gasteiger partial charge in [-0.05, 0) is 13.0 Å². The van der Waals surface area contributed by atoms with E-state index in [1.54, 1.807) is 0 Å². The average molecular weight is 356 g/mol. The molecule has 0 amide bonds. The number of nitrogens with zero attached hydrogens (tertiary/aromatic N) is 1. The smallest absolute Gasteiger partial charge is 0.343 e. The number of ketones is 1. The van der Waals surface area contributed by atoms with Crippen LogP contribution >= 0.6 is 0 Å². The second-order valence-corrected chi connectivity index (χ2v) is 5.15. The van der Waals surface area contributed by atoms with E-state index in [2.05, 4.69) is 10.1 Å². The van der Waals surface area contributed by atoms with Gasteiger partial charge in [-0.1, -0.05) is 0 Å². The first-order chi connectivity index (χ1) is 11.8. The standard InChI is InChI=1S/C16H12F4N2O3/c1-2-25-16(24)9(6-22-12-4-10(12)17)15(23)7-3-11(18)14(20)8(5-21)13(7)19/h3,6,10,12,22H,2,4H2,1H3/t10-,12+/m0/s1. The average Bonchev–Trinajstić information content (AvgIpc) is 3.27. The Bertz CT molecular complexity index is 802. The van der Waals surface area contributed by atoms with Crippen LogP contribution in [0.2, 0.25) is 0 Å². The Morgan fingerprint density at radius 2 is 2.04 bits per heavy atom. The van der Waals surface area contributed by atoms with Gasteiger partial charge in [0.1, 0.15) is 23.4 Å². The van der Waals surface area contributed by atoms with Crippen molar-refractivity contribution in [3.8, 4) is 6.07 Å². The Morgan fingerprint density at radius 1 is 1.40 bits per heavy atom. The normalized spacial score (nSPS) is 19.1. The Kier molecular flexibility index (Phi) is 5.41. The first-order valence-electron chi connectivity index (χ1n) is 7.21. The van der Waals surface area contributed by atoms with Crippen molar-refractivity contribution in [1.29, 1.82) is 5.26 Å². The van der Waals surface area contributed by atoms with E-state index < -0.39 is 58.1 Å². The molecule has 1 aliphatic rings. The number of hydrogen-bond donors (Lipinski definition) is 1. The lowest BCUT2D eigenvalue weighted by molar-refractivity contribution is -0.138. The molecule has 0 spiro atoms. The van der Waals surface area contributed by atoms with Gasteiger partial charge >= 0.3 is 5.97 Å². The molecule has 2 rings (SSSR count). The zero-order valence-electron chi connectivity index (χ0n) is 12.9. The lowest BCUT2D eigenvalue weighted by atomic mass is 10.0. The lowest BCUT2D eigenvalue weighted by Gasteiger charge is -2.09. The number of esters is 1. The predicted octanol–water partition coefficient (Wildman–Crippen LogP) is 2.31. The highest BCUT2D eigenvalue weighted by atomic mass is 19.2. The topological polar surface area (TPSA) is 79.2 Å². The second kappa shape index (κ2) is 7.34. The summed E-state index contributed by atoms with van der Waals surface area (Å²) in [5, 5.41) is 11.2. The van der Waals surface area contributed by atoms with Crippen molar-refractivity contribution in [2.75, 3.05) is 6.61 Å². The highest BCUT2D eigenvalue weighted by molar-refractivity contribution is 6.24. The van der Waals surface area contributed by atoms with Crippen molar-refractivity contribution < 1.29 is 31.9 Å². The van der Waals surface area contributed by atoms with Crippen molar-refractivity contribution in [3.63, 3.8) is 0 Å². The van der Waals surface area contributed by atoms with Crippen LogP contribution in [0.15, 0.2) is 17.8 Å². The van der Waals surface area contributed by atoms with E-state index in [0.29, 0.717) is 0 Å². The molecular formula is C16H12F4N2O3. The third kappa shape index (κ3) is 3.79. The van der Waals surface area contributed by atoms with Crippen LogP contribution in [0.25, 0.3) is 0 Å². The number of ether oxygens (including phenoxy) is 1. The molecule has 1 saturated carbocycles. The first kappa shape index (κ1) is 18.4. The van der Waals surface area contributed by atoms with Crippen molar-refractivity contribution in [2.24, 2.45) is 0 Å². The lowest BCUT2D eigenvalue weighted by Crippen LogP contribution is -2.22. The quantitative estimate of drug-likeness (QED) is 0.161. The minimum Gasteiger partial charge on any atom is -0.462 e. The van der Waals surface area contributed by atoms with Crippen LogP contribution in [0.1, 0.15) is 29.3 Å². The van der Waals surface area contributed by atoms with Crippen LogP contribution in [0.4, 0.5) is 17.6 Å². The molecule has 0 radical (unpaired) electrons. The highest BCUT2D eigenvalue weighted by Gasteiger charge is 2.37. The van der Waals surface area contributed by atoms with Gasteiger partial charge in [-0.25, -0.2) is 22.4 Å². The maximum atomic E-state index is 14.1. The molecule has 0 aliphatic heterocycles. The van der Waals surface area contributed by atoms with Gasteiger partial charge in [0.15, 0.2) is 17.5 Å². The summed E-state index contributed by atoms with van der Waals surface area (Å²) < 4.78 is 58.6. The van der Waals surface area contributed by atoms with Gasteiger partial charge in [-0.2, -0.15) is 5.26 Å². The number of nitriles is 1. The number of hydrogen-bond acceptors (Lipinski definition) is 5. The summed E-state index contributed by atoms with van der Waals surface area (Å²) in [5.41, 5.74) is -3.02. The zero-order valence-corrected chi connectivity index (χ0v) is 12.9. The van der Waals surface area contributed by atoms with Crippen LogP contribution in [0.3, 0.4) is 0 Å². The van der Waals surface area contributed by atoms with Gasteiger partial charge in [0.2, 0.25) is 5.78 Å². The van der Waals surface area contributed by atoms with Crippen molar-refractivity contribution >= 4 is 11.8 Å². The number of carbonyl (C=O) groups excluding carboxylic acids is 2. The molecule has 25 heavy (non-hydrogen) atoms. The second-order valence-electron chi connectivity index (χ2n) is 5.15. The molecular weight excluding hydrogens is 344 g/mol. The number of benzene rings is 1. The Hall–Kier alpha value is -2.89. The first-order valence-corrected chi connectivity index (χ1v) is 7.21. The summed E-state index contributed by atoms with van der Waals surface area (Å²) in [6.45, 7) is 1.35. The van der Waals surface area contributed by atoms with Crippen molar-refractivity contribution in [3.05, 3.63) is 46.4 Å². The molecule has 0 aromatic heterocycles. The van der Waals surface area contributed by atoms with E-state index in [1.807, 2.05) is 0 Å². The van der Waals surface area contributed by atoms with Gasteiger partial charge < -0.3 is 10.1 Å². The monoisotopic (exact) mass is 356 g/mol. The van der Waals surface area contributed by atoms with Crippen LogP contribution in [-0.4, -0.2) is 30.6 Å². The van der Waals surface area contributed by atoms with Crippen LogP contribution in [0.5, 0.6) is 0 Å². The zero-order chi connectivity index (χ0) is 18.7.